The van der Waals surface area contributed by atoms with Crippen molar-refractivity contribution in [2.24, 2.45) is 5.92 Å². The number of rotatable bonds is 6. The lowest BCUT2D eigenvalue weighted by Gasteiger charge is -2.23. The van der Waals surface area contributed by atoms with Crippen molar-refractivity contribution in [3.63, 3.8) is 0 Å². The lowest BCUT2D eigenvalue weighted by Crippen LogP contribution is -2.23. The van der Waals surface area contributed by atoms with Gasteiger partial charge >= 0.3 is 0 Å². The molecule has 0 aliphatic rings. The third-order valence-corrected chi connectivity index (χ3v) is 3.37. The van der Waals surface area contributed by atoms with Crippen LogP contribution >= 0.6 is 0 Å². The van der Waals surface area contributed by atoms with Crippen LogP contribution in [-0.2, 0) is 0 Å². The maximum absolute atomic E-state index is 3.64. The molecule has 17 heavy (non-hydrogen) atoms. The van der Waals surface area contributed by atoms with Gasteiger partial charge in [0.1, 0.15) is 0 Å². The van der Waals surface area contributed by atoms with E-state index in [-0.39, 0.29) is 0 Å². The van der Waals surface area contributed by atoms with Gasteiger partial charge in [0.2, 0.25) is 0 Å². The van der Waals surface area contributed by atoms with Crippen molar-refractivity contribution in [1.29, 1.82) is 0 Å². The fraction of sp³-hybridized carbons (Fsp3) is 0.625. The van der Waals surface area contributed by atoms with E-state index in [1.54, 1.807) is 0 Å². The zero-order valence-electron chi connectivity index (χ0n) is 12.0. The highest BCUT2D eigenvalue weighted by Gasteiger charge is 2.15. The third-order valence-electron chi connectivity index (χ3n) is 3.37. The molecule has 0 heterocycles. The molecule has 0 saturated carbocycles. The van der Waals surface area contributed by atoms with Gasteiger partial charge in [-0.3, -0.25) is 0 Å². The van der Waals surface area contributed by atoms with E-state index >= 15 is 0 Å². The minimum atomic E-state index is 0.517. The Bertz CT molecular complexity index is 321. The van der Waals surface area contributed by atoms with Gasteiger partial charge in [-0.25, -0.2) is 0 Å². The van der Waals surface area contributed by atoms with Crippen LogP contribution in [0.15, 0.2) is 18.2 Å². The van der Waals surface area contributed by atoms with Crippen molar-refractivity contribution in [3.05, 3.63) is 34.9 Å². The molecule has 0 bridgehead atoms. The second-order valence-corrected chi connectivity index (χ2v) is 5.39. The second kappa shape index (κ2) is 6.80. The highest BCUT2D eigenvalue weighted by molar-refractivity contribution is 5.36. The summed E-state index contributed by atoms with van der Waals surface area (Å²) in [5.41, 5.74) is 4.34. The van der Waals surface area contributed by atoms with Gasteiger partial charge < -0.3 is 5.32 Å². The van der Waals surface area contributed by atoms with Crippen molar-refractivity contribution in [3.8, 4) is 0 Å². The van der Waals surface area contributed by atoms with Crippen molar-refractivity contribution >= 4 is 0 Å². The van der Waals surface area contributed by atoms with Gasteiger partial charge in [-0.2, -0.15) is 0 Å². The van der Waals surface area contributed by atoms with Crippen LogP contribution in [-0.4, -0.2) is 6.54 Å². The summed E-state index contributed by atoms with van der Waals surface area (Å²) >= 11 is 0. The number of hydrogen-bond acceptors (Lipinski definition) is 1. The van der Waals surface area contributed by atoms with Crippen molar-refractivity contribution < 1.29 is 0 Å². The van der Waals surface area contributed by atoms with Crippen LogP contribution in [0.3, 0.4) is 0 Å². The van der Waals surface area contributed by atoms with Gasteiger partial charge in [0, 0.05) is 6.04 Å². The predicted octanol–water partition coefficient (Wildman–Crippen LogP) is 4.39. The van der Waals surface area contributed by atoms with E-state index in [2.05, 4.69) is 58.1 Å². The van der Waals surface area contributed by atoms with Gasteiger partial charge in [0.15, 0.2) is 0 Å². The number of nitrogens with one attached hydrogen (secondary N) is 1. The standard InChI is InChI=1S/C16H27N/c1-6-17-15(11-10-12(2)3)16-13(4)8-7-9-14(16)5/h7-9,12,15,17H,6,10-11H2,1-5H3. The summed E-state index contributed by atoms with van der Waals surface area (Å²) in [4.78, 5) is 0. The quantitative estimate of drug-likeness (QED) is 0.768. The molecule has 1 heteroatoms. The molecule has 1 atom stereocenters. The van der Waals surface area contributed by atoms with Crippen molar-refractivity contribution in [2.75, 3.05) is 6.54 Å². The van der Waals surface area contributed by atoms with Crippen molar-refractivity contribution in [2.45, 2.75) is 53.5 Å². The summed E-state index contributed by atoms with van der Waals surface area (Å²) in [6, 6.07) is 7.12. The highest BCUT2D eigenvalue weighted by atomic mass is 14.9. The number of hydrogen-bond donors (Lipinski definition) is 1. The number of aryl methyl sites for hydroxylation is 2. The zero-order valence-corrected chi connectivity index (χ0v) is 12.0. The Labute approximate surface area is 107 Å². The maximum atomic E-state index is 3.64. The third kappa shape index (κ3) is 4.16. The molecule has 1 N–H and O–H groups in total. The SMILES string of the molecule is CCNC(CCC(C)C)c1c(C)cccc1C. The first-order chi connectivity index (χ1) is 8.06. The second-order valence-electron chi connectivity index (χ2n) is 5.39. The molecular formula is C16H27N. The summed E-state index contributed by atoms with van der Waals surface area (Å²) < 4.78 is 0. The van der Waals surface area contributed by atoms with Crippen LogP contribution in [0.4, 0.5) is 0 Å². The zero-order chi connectivity index (χ0) is 12.8. The predicted molar refractivity (Wildman–Crippen MR) is 76.4 cm³/mol. The van der Waals surface area contributed by atoms with Crippen LogP contribution in [0.2, 0.25) is 0 Å². The molecule has 1 rings (SSSR count). The Morgan fingerprint density at radius 1 is 1.06 bits per heavy atom. The Balaban J connectivity index is 2.88. The van der Waals surface area contributed by atoms with Crippen molar-refractivity contribution in [1.82, 2.24) is 5.32 Å². The number of benzene rings is 1. The molecule has 0 saturated heterocycles. The maximum Gasteiger partial charge on any atom is 0.0325 e. The Hall–Kier alpha value is -0.820. The summed E-state index contributed by atoms with van der Waals surface area (Å²) in [6.45, 7) is 12.3. The van der Waals surface area contributed by atoms with E-state index in [4.69, 9.17) is 0 Å². The van der Waals surface area contributed by atoms with E-state index in [9.17, 15) is 0 Å². The van der Waals surface area contributed by atoms with E-state index < -0.39 is 0 Å². The van der Waals surface area contributed by atoms with Gasteiger partial charge in [0.25, 0.3) is 0 Å². The molecule has 1 aromatic carbocycles. The molecule has 0 aliphatic heterocycles. The largest absolute Gasteiger partial charge is 0.310 e. The van der Waals surface area contributed by atoms with Gasteiger partial charge in [-0.15, -0.1) is 0 Å². The topological polar surface area (TPSA) is 12.0 Å². The molecule has 1 unspecified atom stereocenters. The minimum Gasteiger partial charge on any atom is -0.310 e. The molecule has 0 aromatic heterocycles. The average molecular weight is 233 g/mol. The van der Waals surface area contributed by atoms with Crippen LogP contribution in [0.1, 0.15) is 56.3 Å². The summed E-state index contributed by atoms with van der Waals surface area (Å²) in [5, 5.41) is 3.64. The van der Waals surface area contributed by atoms with Crippen LogP contribution in [0.25, 0.3) is 0 Å². The molecule has 1 nitrogen and oxygen atoms in total. The summed E-state index contributed by atoms with van der Waals surface area (Å²) in [7, 11) is 0. The van der Waals surface area contributed by atoms with Gasteiger partial charge in [-0.05, 0) is 55.8 Å². The molecular weight excluding hydrogens is 206 g/mol. The van der Waals surface area contributed by atoms with Crippen LogP contribution in [0, 0.1) is 19.8 Å². The lowest BCUT2D eigenvalue weighted by atomic mass is 9.91. The van der Waals surface area contributed by atoms with Gasteiger partial charge in [-0.1, -0.05) is 39.0 Å². The minimum absolute atomic E-state index is 0.517. The molecule has 0 spiro atoms. The summed E-state index contributed by atoms with van der Waals surface area (Å²) in [5.74, 6) is 0.778. The van der Waals surface area contributed by atoms with E-state index in [0.717, 1.165) is 12.5 Å². The first kappa shape index (κ1) is 14.2. The van der Waals surface area contributed by atoms with E-state index in [0.29, 0.717) is 6.04 Å². The molecule has 1 aromatic rings. The van der Waals surface area contributed by atoms with Crippen LogP contribution in [0.5, 0.6) is 0 Å². The average Bonchev–Trinajstić information content (AvgIpc) is 2.25. The lowest BCUT2D eigenvalue weighted by molar-refractivity contribution is 0.446. The molecule has 0 fully saturated rings. The summed E-state index contributed by atoms with van der Waals surface area (Å²) in [6.07, 6.45) is 2.52. The Morgan fingerprint density at radius 3 is 2.12 bits per heavy atom. The molecule has 0 amide bonds. The van der Waals surface area contributed by atoms with Gasteiger partial charge in [0.05, 0.1) is 0 Å². The Kier molecular flexibility index (Phi) is 5.70. The smallest absolute Gasteiger partial charge is 0.0325 e. The fourth-order valence-electron chi connectivity index (χ4n) is 2.47. The van der Waals surface area contributed by atoms with E-state index in [1.807, 2.05) is 0 Å². The fourth-order valence-corrected chi connectivity index (χ4v) is 2.47. The Morgan fingerprint density at radius 2 is 1.65 bits per heavy atom. The molecule has 0 radical (unpaired) electrons. The normalized spacial score (nSPS) is 13.1. The first-order valence-electron chi connectivity index (χ1n) is 6.85. The monoisotopic (exact) mass is 233 g/mol. The van der Waals surface area contributed by atoms with Crippen LogP contribution < -0.4 is 5.32 Å². The molecule has 96 valence electrons. The molecule has 0 aliphatic carbocycles. The first-order valence-corrected chi connectivity index (χ1v) is 6.85. The highest BCUT2D eigenvalue weighted by Crippen LogP contribution is 2.26. The van der Waals surface area contributed by atoms with E-state index in [1.165, 1.54) is 29.5 Å².